The van der Waals surface area contributed by atoms with Gasteiger partial charge in [-0.1, -0.05) is 17.7 Å². The number of anilines is 2. The van der Waals surface area contributed by atoms with Crippen molar-refractivity contribution in [2.45, 2.75) is 52.6 Å². The minimum Gasteiger partial charge on any atom is -0.334 e. The lowest BCUT2D eigenvalue weighted by atomic mass is 10.2. The molecule has 0 atom stereocenters. The molecule has 1 aromatic carbocycles. The van der Waals surface area contributed by atoms with E-state index >= 15 is 0 Å². The third kappa shape index (κ3) is 4.56. The highest BCUT2D eigenvalue weighted by atomic mass is 32.2. The van der Waals surface area contributed by atoms with Gasteiger partial charge in [-0.2, -0.15) is 8.42 Å². The van der Waals surface area contributed by atoms with E-state index in [1.807, 2.05) is 20.8 Å². The molecule has 0 spiro atoms. The van der Waals surface area contributed by atoms with Crippen molar-refractivity contribution in [1.29, 1.82) is 0 Å². The Bertz CT molecular complexity index is 861. The fraction of sp³-hybridized carbons (Fsp3) is 0.474. The van der Waals surface area contributed by atoms with E-state index in [1.54, 1.807) is 12.1 Å². The summed E-state index contributed by atoms with van der Waals surface area (Å²) in [6, 6.07) is 5.99. The van der Waals surface area contributed by atoms with Gasteiger partial charge in [-0.25, -0.2) is 9.97 Å². The Morgan fingerprint density at radius 2 is 1.33 bits per heavy atom. The van der Waals surface area contributed by atoms with Gasteiger partial charge in [-0.3, -0.25) is 4.55 Å². The van der Waals surface area contributed by atoms with E-state index < -0.39 is 10.1 Å². The molecule has 1 N–H and O–H groups in total. The zero-order valence-electron chi connectivity index (χ0n) is 16.8. The number of fused-ring (bicyclic) bond motifs is 1. The zero-order chi connectivity index (χ0) is 20.4. The molecule has 0 saturated heterocycles. The highest BCUT2D eigenvalue weighted by Crippen LogP contribution is 2.36. The summed E-state index contributed by atoms with van der Waals surface area (Å²) in [6.07, 6.45) is 0.367. The van der Waals surface area contributed by atoms with Gasteiger partial charge >= 0.3 is 0 Å². The first-order valence-electron chi connectivity index (χ1n) is 9.02. The molecule has 1 aliphatic heterocycles. The van der Waals surface area contributed by atoms with Crippen LogP contribution in [0.5, 0.6) is 0 Å². The smallest absolute Gasteiger partial charge is 0.294 e. The summed E-state index contributed by atoms with van der Waals surface area (Å²) in [5.41, 5.74) is 3.02. The largest absolute Gasteiger partial charge is 0.334 e. The first-order chi connectivity index (χ1) is 12.6. The van der Waals surface area contributed by atoms with Crippen LogP contribution in [0.1, 0.15) is 37.7 Å². The van der Waals surface area contributed by atoms with Crippen molar-refractivity contribution in [2.24, 2.45) is 0 Å². The third-order valence-corrected chi connectivity index (χ3v) is 5.59. The molecule has 0 radical (unpaired) electrons. The van der Waals surface area contributed by atoms with Crippen LogP contribution in [0, 0.1) is 20.8 Å². The fourth-order valence-corrected chi connectivity index (χ4v) is 3.51. The molecular formula is C19H28N4O3S. The van der Waals surface area contributed by atoms with Crippen LogP contribution in [0.15, 0.2) is 29.2 Å². The van der Waals surface area contributed by atoms with Crippen LogP contribution in [-0.4, -0.2) is 42.2 Å². The molecule has 0 bridgehead atoms. The van der Waals surface area contributed by atoms with Crippen LogP contribution in [0.4, 0.5) is 11.6 Å². The second-order valence-corrected chi connectivity index (χ2v) is 7.96. The van der Waals surface area contributed by atoms with Gasteiger partial charge in [0.1, 0.15) is 6.17 Å². The molecule has 7 nitrogen and oxygen atoms in total. The number of benzene rings is 1. The predicted octanol–water partition coefficient (Wildman–Crippen LogP) is 3.35. The van der Waals surface area contributed by atoms with E-state index in [0.29, 0.717) is 6.17 Å². The minimum atomic E-state index is -4.02. The highest BCUT2D eigenvalue weighted by molar-refractivity contribution is 7.85. The highest BCUT2D eigenvalue weighted by Gasteiger charge is 2.33. The Balaban J connectivity index is 0.000000208. The van der Waals surface area contributed by atoms with Crippen molar-refractivity contribution >= 4 is 21.8 Å². The van der Waals surface area contributed by atoms with Crippen LogP contribution >= 0.6 is 0 Å². The SMILES string of the molecule is CCN1c2nc(C)c(C)nc2N(CC)C1C.Cc1ccc(S(=O)(=O)O)cc1. The monoisotopic (exact) mass is 392 g/mol. The van der Waals surface area contributed by atoms with E-state index in [0.717, 1.165) is 41.7 Å². The Hall–Kier alpha value is -2.19. The van der Waals surface area contributed by atoms with E-state index in [9.17, 15) is 8.42 Å². The maximum absolute atomic E-state index is 10.5. The number of nitrogens with zero attached hydrogens (tertiary/aromatic N) is 4. The number of rotatable bonds is 3. The van der Waals surface area contributed by atoms with Crippen molar-refractivity contribution in [3.63, 3.8) is 0 Å². The maximum atomic E-state index is 10.5. The van der Waals surface area contributed by atoms with E-state index in [4.69, 9.17) is 4.55 Å². The van der Waals surface area contributed by atoms with Gasteiger partial charge < -0.3 is 9.80 Å². The lowest BCUT2D eigenvalue weighted by Gasteiger charge is -2.27. The molecule has 2 aromatic rings. The predicted molar refractivity (Wildman–Crippen MR) is 108 cm³/mol. The minimum absolute atomic E-state index is 0.0666. The standard InChI is InChI=1S/C12H20N4.C7H8O3S/c1-6-15-10(5)16(7-2)12-11(15)13-8(3)9(4)14-12;1-6-2-4-7(5-3-6)11(8,9)10/h10H,6-7H2,1-5H3;2-5H,1H3,(H,8,9,10). The van der Waals surface area contributed by atoms with Crippen molar-refractivity contribution < 1.29 is 13.0 Å². The van der Waals surface area contributed by atoms with E-state index in [2.05, 4.69) is 40.5 Å². The number of hydrogen-bond acceptors (Lipinski definition) is 6. The zero-order valence-corrected chi connectivity index (χ0v) is 17.6. The molecule has 8 heteroatoms. The summed E-state index contributed by atoms with van der Waals surface area (Å²) in [7, 11) is -4.02. The van der Waals surface area contributed by atoms with E-state index in [-0.39, 0.29) is 4.90 Å². The summed E-state index contributed by atoms with van der Waals surface area (Å²) >= 11 is 0. The van der Waals surface area contributed by atoms with Crippen LogP contribution in [0.25, 0.3) is 0 Å². The summed E-state index contributed by atoms with van der Waals surface area (Å²) in [5.74, 6) is 2.08. The van der Waals surface area contributed by atoms with Gasteiger partial charge in [0.05, 0.1) is 16.3 Å². The molecule has 0 amide bonds. The van der Waals surface area contributed by atoms with Gasteiger partial charge in [0, 0.05) is 13.1 Å². The fourth-order valence-electron chi connectivity index (χ4n) is 3.03. The Morgan fingerprint density at radius 3 is 1.67 bits per heavy atom. The molecule has 0 fully saturated rings. The summed E-state index contributed by atoms with van der Waals surface area (Å²) in [6.45, 7) is 14.4. The van der Waals surface area contributed by atoms with Crippen LogP contribution in [0.2, 0.25) is 0 Å². The third-order valence-electron chi connectivity index (χ3n) is 4.72. The first-order valence-corrected chi connectivity index (χ1v) is 10.5. The molecule has 1 aliphatic rings. The molecular weight excluding hydrogens is 364 g/mol. The van der Waals surface area contributed by atoms with Crippen molar-refractivity contribution in [2.75, 3.05) is 22.9 Å². The molecule has 2 heterocycles. The average Bonchev–Trinajstić information content (AvgIpc) is 2.85. The Kier molecular flexibility index (Phi) is 6.43. The second-order valence-electron chi connectivity index (χ2n) is 6.53. The Morgan fingerprint density at radius 1 is 0.926 bits per heavy atom. The summed E-state index contributed by atoms with van der Waals surface area (Å²) < 4.78 is 29.6. The summed E-state index contributed by atoms with van der Waals surface area (Å²) in [5, 5.41) is 0. The van der Waals surface area contributed by atoms with Gasteiger partial charge in [0.25, 0.3) is 10.1 Å². The lowest BCUT2D eigenvalue weighted by molar-refractivity contribution is 0.483. The van der Waals surface area contributed by atoms with Crippen molar-refractivity contribution in [3.05, 3.63) is 41.2 Å². The number of aromatic nitrogens is 2. The molecule has 0 aliphatic carbocycles. The topological polar surface area (TPSA) is 86.6 Å². The van der Waals surface area contributed by atoms with Crippen LogP contribution in [0.3, 0.4) is 0 Å². The molecule has 3 rings (SSSR count). The lowest BCUT2D eigenvalue weighted by Crippen LogP contribution is -2.40. The average molecular weight is 393 g/mol. The normalized spacial score (nSPS) is 14.0. The molecule has 0 saturated carbocycles. The second kappa shape index (κ2) is 8.22. The number of aryl methyl sites for hydroxylation is 3. The molecule has 1 aromatic heterocycles. The van der Waals surface area contributed by atoms with Gasteiger partial charge in [-0.05, 0) is 53.7 Å². The van der Waals surface area contributed by atoms with Gasteiger partial charge in [-0.15, -0.1) is 0 Å². The Labute approximate surface area is 161 Å². The molecule has 27 heavy (non-hydrogen) atoms. The van der Waals surface area contributed by atoms with E-state index in [1.165, 1.54) is 12.1 Å². The van der Waals surface area contributed by atoms with Crippen LogP contribution < -0.4 is 9.80 Å². The molecule has 0 unspecified atom stereocenters. The van der Waals surface area contributed by atoms with Gasteiger partial charge in [0.15, 0.2) is 11.6 Å². The maximum Gasteiger partial charge on any atom is 0.294 e. The molecule has 148 valence electrons. The van der Waals surface area contributed by atoms with Crippen molar-refractivity contribution in [1.82, 2.24) is 9.97 Å². The number of hydrogen-bond donors (Lipinski definition) is 1. The summed E-state index contributed by atoms with van der Waals surface area (Å²) in [4.78, 5) is 13.9. The quantitative estimate of drug-likeness (QED) is 0.802. The van der Waals surface area contributed by atoms with Crippen LogP contribution in [-0.2, 0) is 10.1 Å². The first kappa shape index (κ1) is 21.1. The van der Waals surface area contributed by atoms with Crippen molar-refractivity contribution in [3.8, 4) is 0 Å². The van der Waals surface area contributed by atoms with Gasteiger partial charge in [0.2, 0.25) is 0 Å².